The Morgan fingerprint density at radius 1 is 1.09 bits per heavy atom. The standard InChI is InChI=1S/C19H17FO2/c1-19(2)16-13-9-8-12(20)10-14(13)17(21)15(16)18(22-19)11-6-4-3-5-7-11/h3-10,15-16,18H,1-2H3/t15-,16-,18-/m0/s1. The maximum absolute atomic E-state index is 13.5. The molecule has 0 unspecified atom stereocenters. The van der Waals surface area contributed by atoms with Crippen molar-refractivity contribution in [2.75, 3.05) is 0 Å². The number of hydrogen-bond acceptors (Lipinski definition) is 2. The number of carbonyl (C=O) groups is 1. The quantitative estimate of drug-likeness (QED) is 0.785. The number of ketones is 1. The van der Waals surface area contributed by atoms with Gasteiger partial charge in [-0.3, -0.25) is 4.79 Å². The van der Waals surface area contributed by atoms with Crippen molar-refractivity contribution in [3.8, 4) is 0 Å². The molecule has 0 radical (unpaired) electrons. The van der Waals surface area contributed by atoms with Crippen LogP contribution in [0.2, 0.25) is 0 Å². The zero-order valence-electron chi connectivity index (χ0n) is 12.5. The summed E-state index contributed by atoms with van der Waals surface area (Å²) >= 11 is 0. The molecule has 1 heterocycles. The Balaban J connectivity index is 1.86. The summed E-state index contributed by atoms with van der Waals surface area (Å²) < 4.78 is 19.8. The van der Waals surface area contributed by atoms with Crippen LogP contribution in [0.25, 0.3) is 0 Å². The summed E-state index contributed by atoms with van der Waals surface area (Å²) in [6, 6.07) is 14.4. The first-order valence-electron chi connectivity index (χ1n) is 7.55. The molecule has 3 atom stereocenters. The molecule has 1 aliphatic heterocycles. The van der Waals surface area contributed by atoms with Gasteiger partial charge in [-0.05, 0) is 37.1 Å². The minimum absolute atomic E-state index is 0.000993. The minimum Gasteiger partial charge on any atom is -0.366 e. The molecule has 112 valence electrons. The molecule has 1 fully saturated rings. The molecule has 22 heavy (non-hydrogen) atoms. The van der Waals surface area contributed by atoms with Gasteiger partial charge >= 0.3 is 0 Å². The van der Waals surface area contributed by atoms with Crippen LogP contribution in [-0.4, -0.2) is 11.4 Å². The van der Waals surface area contributed by atoms with Crippen LogP contribution in [0.15, 0.2) is 48.5 Å². The minimum atomic E-state index is -0.454. The van der Waals surface area contributed by atoms with Crippen LogP contribution in [0.4, 0.5) is 4.39 Å². The molecule has 0 spiro atoms. The average Bonchev–Trinajstić information content (AvgIpc) is 2.95. The van der Waals surface area contributed by atoms with Crippen molar-refractivity contribution in [2.45, 2.75) is 31.5 Å². The predicted octanol–water partition coefficient (Wildman–Crippen LogP) is 4.27. The van der Waals surface area contributed by atoms with Crippen molar-refractivity contribution >= 4 is 5.78 Å². The molecule has 1 aliphatic carbocycles. The summed E-state index contributed by atoms with van der Waals surface area (Å²) in [7, 11) is 0. The monoisotopic (exact) mass is 296 g/mol. The number of benzene rings is 2. The Kier molecular flexibility index (Phi) is 2.79. The smallest absolute Gasteiger partial charge is 0.170 e. The molecular weight excluding hydrogens is 279 g/mol. The van der Waals surface area contributed by atoms with Gasteiger partial charge < -0.3 is 4.74 Å². The third-order valence-electron chi connectivity index (χ3n) is 4.91. The van der Waals surface area contributed by atoms with Crippen LogP contribution in [0.1, 0.15) is 47.4 Å². The van der Waals surface area contributed by atoms with Crippen LogP contribution < -0.4 is 0 Å². The number of Topliss-reactive ketones (excluding diaryl/α,β-unsaturated/α-hetero) is 1. The predicted molar refractivity (Wildman–Crippen MR) is 81.3 cm³/mol. The fourth-order valence-corrected chi connectivity index (χ4v) is 4.05. The molecule has 2 aromatic carbocycles. The molecule has 2 aliphatic rings. The largest absolute Gasteiger partial charge is 0.366 e. The van der Waals surface area contributed by atoms with Crippen molar-refractivity contribution in [2.24, 2.45) is 5.92 Å². The summed E-state index contributed by atoms with van der Waals surface area (Å²) in [5.74, 6) is -0.656. The van der Waals surface area contributed by atoms with Crippen LogP contribution >= 0.6 is 0 Å². The molecule has 0 saturated carbocycles. The number of fused-ring (bicyclic) bond motifs is 3. The SMILES string of the molecule is CC1(C)O[C@@H](c2ccccc2)[C@@H]2C(=O)c3cc(F)ccc3[C@@H]21. The van der Waals surface area contributed by atoms with Gasteiger partial charge in [0.2, 0.25) is 0 Å². The fraction of sp³-hybridized carbons (Fsp3) is 0.316. The first-order chi connectivity index (χ1) is 10.5. The highest BCUT2D eigenvalue weighted by atomic mass is 19.1. The van der Waals surface area contributed by atoms with Gasteiger partial charge in [0.05, 0.1) is 17.6 Å². The molecule has 0 N–H and O–H groups in total. The molecule has 3 heteroatoms. The third-order valence-corrected chi connectivity index (χ3v) is 4.91. The van der Waals surface area contributed by atoms with Gasteiger partial charge in [0.25, 0.3) is 0 Å². The van der Waals surface area contributed by atoms with Crippen LogP contribution in [0.3, 0.4) is 0 Å². The first kappa shape index (κ1) is 13.6. The highest BCUT2D eigenvalue weighted by Crippen LogP contribution is 2.58. The van der Waals surface area contributed by atoms with Gasteiger partial charge in [-0.15, -0.1) is 0 Å². The molecule has 1 saturated heterocycles. The number of carbonyl (C=O) groups excluding carboxylic acids is 1. The van der Waals surface area contributed by atoms with E-state index in [1.807, 2.05) is 44.2 Å². The topological polar surface area (TPSA) is 26.3 Å². The molecular formula is C19H17FO2. The molecule has 0 aromatic heterocycles. The number of ether oxygens (including phenoxy) is 1. The van der Waals surface area contributed by atoms with Crippen molar-refractivity contribution in [3.05, 3.63) is 71.0 Å². The summed E-state index contributed by atoms with van der Waals surface area (Å²) in [4.78, 5) is 12.9. The van der Waals surface area contributed by atoms with E-state index >= 15 is 0 Å². The second-order valence-electron chi connectivity index (χ2n) is 6.65. The zero-order valence-corrected chi connectivity index (χ0v) is 12.5. The number of hydrogen-bond donors (Lipinski definition) is 0. The summed E-state index contributed by atoms with van der Waals surface area (Å²) in [6.45, 7) is 4.03. The van der Waals surface area contributed by atoms with Crippen molar-refractivity contribution in [3.63, 3.8) is 0 Å². The lowest BCUT2D eigenvalue weighted by atomic mass is 9.80. The van der Waals surface area contributed by atoms with E-state index < -0.39 is 5.60 Å². The molecule has 4 rings (SSSR count). The Bertz CT molecular complexity index is 751. The van der Waals surface area contributed by atoms with E-state index in [0.717, 1.165) is 11.1 Å². The number of rotatable bonds is 1. The summed E-state index contributed by atoms with van der Waals surface area (Å²) in [6.07, 6.45) is -0.274. The lowest BCUT2D eigenvalue weighted by molar-refractivity contribution is -0.0265. The highest BCUT2D eigenvalue weighted by molar-refractivity contribution is 6.04. The van der Waals surface area contributed by atoms with Gasteiger partial charge in [0.15, 0.2) is 5.78 Å². The van der Waals surface area contributed by atoms with Gasteiger partial charge in [-0.2, -0.15) is 0 Å². The first-order valence-corrected chi connectivity index (χ1v) is 7.55. The van der Waals surface area contributed by atoms with Gasteiger partial charge in [-0.25, -0.2) is 4.39 Å². The zero-order chi connectivity index (χ0) is 15.5. The van der Waals surface area contributed by atoms with Crippen molar-refractivity contribution in [1.29, 1.82) is 0 Å². The lowest BCUT2D eigenvalue weighted by Gasteiger charge is -2.25. The van der Waals surface area contributed by atoms with Crippen LogP contribution in [0.5, 0.6) is 0 Å². The van der Waals surface area contributed by atoms with Gasteiger partial charge in [-0.1, -0.05) is 36.4 Å². The molecule has 2 nitrogen and oxygen atoms in total. The molecule has 0 amide bonds. The normalized spacial score (nSPS) is 28.5. The maximum atomic E-state index is 13.5. The lowest BCUT2D eigenvalue weighted by Crippen LogP contribution is -2.26. The average molecular weight is 296 g/mol. The van der Waals surface area contributed by atoms with E-state index in [2.05, 4.69) is 0 Å². The number of halogens is 1. The van der Waals surface area contributed by atoms with E-state index in [-0.39, 0.29) is 29.5 Å². The second kappa shape index (κ2) is 4.50. The maximum Gasteiger partial charge on any atom is 0.170 e. The van der Waals surface area contributed by atoms with Crippen molar-refractivity contribution < 1.29 is 13.9 Å². The van der Waals surface area contributed by atoms with Crippen LogP contribution in [-0.2, 0) is 4.74 Å². The fourth-order valence-electron chi connectivity index (χ4n) is 4.05. The van der Waals surface area contributed by atoms with E-state index in [0.29, 0.717) is 5.56 Å². The van der Waals surface area contributed by atoms with E-state index in [1.54, 1.807) is 6.07 Å². The molecule has 0 bridgehead atoms. The third kappa shape index (κ3) is 1.78. The highest BCUT2D eigenvalue weighted by Gasteiger charge is 2.58. The molecule has 2 aromatic rings. The Labute approximate surface area is 128 Å². The Morgan fingerprint density at radius 2 is 1.82 bits per heavy atom. The van der Waals surface area contributed by atoms with E-state index in [1.165, 1.54) is 12.1 Å². The summed E-state index contributed by atoms with van der Waals surface area (Å²) in [5.41, 5.74) is 1.99. The van der Waals surface area contributed by atoms with E-state index in [4.69, 9.17) is 4.74 Å². The Hall–Kier alpha value is -2.00. The summed E-state index contributed by atoms with van der Waals surface area (Å²) in [5, 5.41) is 0. The Morgan fingerprint density at radius 3 is 2.55 bits per heavy atom. The van der Waals surface area contributed by atoms with Crippen LogP contribution in [0, 0.1) is 11.7 Å². The van der Waals surface area contributed by atoms with Gasteiger partial charge in [0.1, 0.15) is 5.82 Å². The van der Waals surface area contributed by atoms with Crippen molar-refractivity contribution in [1.82, 2.24) is 0 Å². The van der Waals surface area contributed by atoms with Gasteiger partial charge in [0, 0.05) is 11.5 Å². The second-order valence-corrected chi connectivity index (χ2v) is 6.65. The van der Waals surface area contributed by atoms with E-state index in [9.17, 15) is 9.18 Å².